The van der Waals surface area contributed by atoms with E-state index in [9.17, 15) is 0 Å². The third kappa shape index (κ3) is 3.62. The highest BCUT2D eigenvalue weighted by atomic mass is 35.5. The first-order valence-electron chi connectivity index (χ1n) is 7.09. The molecule has 21 heavy (non-hydrogen) atoms. The number of methoxy groups -OCH3 is 1. The van der Waals surface area contributed by atoms with E-state index in [1.54, 1.807) is 7.11 Å². The van der Waals surface area contributed by atoms with Crippen LogP contribution in [0.15, 0.2) is 24.3 Å². The van der Waals surface area contributed by atoms with E-state index < -0.39 is 0 Å². The smallest absolute Gasteiger partial charge is 0.133 e. The van der Waals surface area contributed by atoms with E-state index in [0.29, 0.717) is 11.3 Å². The molecule has 0 N–H and O–H groups in total. The minimum Gasteiger partial charge on any atom is -0.497 e. The van der Waals surface area contributed by atoms with Crippen LogP contribution in [0.25, 0.3) is 10.9 Å². The minimum absolute atomic E-state index is 0.409. The molecule has 1 aromatic heterocycles. The SMILES string of the molecule is COc1ccc2cc(CSCC3CCCO3)c(Cl)nc2c1. The summed E-state index contributed by atoms with van der Waals surface area (Å²) in [6.45, 7) is 0.908. The van der Waals surface area contributed by atoms with Gasteiger partial charge in [-0.05, 0) is 31.0 Å². The molecule has 0 radical (unpaired) electrons. The lowest BCUT2D eigenvalue weighted by Gasteiger charge is -2.10. The van der Waals surface area contributed by atoms with E-state index in [0.717, 1.165) is 40.3 Å². The first kappa shape index (κ1) is 14.9. The molecule has 2 aromatic rings. The van der Waals surface area contributed by atoms with E-state index in [4.69, 9.17) is 21.1 Å². The summed E-state index contributed by atoms with van der Waals surface area (Å²) in [7, 11) is 1.65. The van der Waals surface area contributed by atoms with Crippen molar-refractivity contribution < 1.29 is 9.47 Å². The van der Waals surface area contributed by atoms with E-state index in [2.05, 4.69) is 11.1 Å². The summed E-state index contributed by atoms with van der Waals surface area (Å²) in [5.74, 6) is 2.69. The molecule has 1 unspecified atom stereocenters. The molecule has 0 spiro atoms. The second kappa shape index (κ2) is 6.86. The predicted molar refractivity (Wildman–Crippen MR) is 88.4 cm³/mol. The fourth-order valence-corrected chi connectivity index (χ4v) is 3.85. The van der Waals surface area contributed by atoms with Crippen LogP contribution in [0.1, 0.15) is 18.4 Å². The van der Waals surface area contributed by atoms with Gasteiger partial charge in [-0.15, -0.1) is 0 Å². The van der Waals surface area contributed by atoms with Gasteiger partial charge < -0.3 is 9.47 Å². The molecule has 0 aliphatic carbocycles. The zero-order valence-electron chi connectivity index (χ0n) is 12.0. The van der Waals surface area contributed by atoms with Gasteiger partial charge in [0.1, 0.15) is 10.9 Å². The van der Waals surface area contributed by atoms with Crippen molar-refractivity contribution >= 4 is 34.3 Å². The Bertz CT molecular complexity index is 629. The molecular formula is C16H18ClNO2S. The van der Waals surface area contributed by atoms with Gasteiger partial charge in [-0.3, -0.25) is 0 Å². The average Bonchev–Trinajstić information content (AvgIpc) is 3.00. The van der Waals surface area contributed by atoms with E-state index in [1.807, 2.05) is 30.0 Å². The van der Waals surface area contributed by atoms with Crippen LogP contribution in [0, 0.1) is 0 Å². The molecule has 0 bridgehead atoms. The number of rotatable bonds is 5. The number of hydrogen-bond donors (Lipinski definition) is 0. The molecule has 1 aliphatic rings. The standard InChI is InChI=1S/C16H18ClNO2S/c1-19-13-5-4-11-7-12(16(17)18-15(11)8-13)9-21-10-14-3-2-6-20-14/h4-5,7-8,14H,2-3,6,9-10H2,1H3. The summed E-state index contributed by atoms with van der Waals surface area (Å²) < 4.78 is 10.8. The highest BCUT2D eigenvalue weighted by Crippen LogP contribution is 2.27. The minimum atomic E-state index is 0.409. The van der Waals surface area contributed by atoms with Crippen LogP contribution in [-0.4, -0.2) is 30.6 Å². The topological polar surface area (TPSA) is 31.4 Å². The molecule has 1 aromatic carbocycles. The first-order chi connectivity index (χ1) is 10.3. The largest absolute Gasteiger partial charge is 0.497 e. The van der Waals surface area contributed by atoms with Crippen molar-refractivity contribution in [1.29, 1.82) is 0 Å². The Morgan fingerprint density at radius 1 is 1.43 bits per heavy atom. The van der Waals surface area contributed by atoms with Gasteiger partial charge in [-0.2, -0.15) is 11.8 Å². The molecule has 3 rings (SSSR count). The summed E-state index contributed by atoms with van der Waals surface area (Å²) in [5, 5.41) is 1.67. The lowest BCUT2D eigenvalue weighted by molar-refractivity contribution is 0.129. The van der Waals surface area contributed by atoms with Crippen LogP contribution < -0.4 is 4.74 Å². The average molecular weight is 324 g/mol. The maximum Gasteiger partial charge on any atom is 0.133 e. The first-order valence-corrected chi connectivity index (χ1v) is 8.62. The third-order valence-electron chi connectivity index (χ3n) is 3.64. The zero-order chi connectivity index (χ0) is 14.7. The van der Waals surface area contributed by atoms with Gasteiger partial charge in [-0.1, -0.05) is 11.6 Å². The fourth-order valence-electron chi connectivity index (χ4n) is 2.47. The number of benzene rings is 1. The zero-order valence-corrected chi connectivity index (χ0v) is 13.5. The van der Waals surface area contributed by atoms with Crippen LogP contribution in [0.4, 0.5) is 0 Å². The van der Waals surface area contributed by atoms with Gasteiger partial charge in [0.15, 0.2) is 0 Å². The van der Waals surface area contributed by atoms with Crippen LogP contribution in [-0.2, 0) is 10.5 Å². The van der Waals surface area contributed by atoms with Crippen molar-refractivity contribution in [3.05, 3.63) is 35.0 Å². The van der Waals surface area contributed by atoms with Crippen molar-refractivity contribution in [1.82, 2.24) is 4.98 Å². The van der Waals surface area contributed by atoms with Gasteiger partial charge >= 0.3 is 0 Å². The molecule has 1 fully saturated rings. The number of hydrogen-bond acceptors (Lipinski definition) is 4. The molecule has 0 amide bonds. The van der Waals surface area contributed by atoms with Crippen molar-refractivity contribution in [2.24, 2.45) is 0 Å². The monoisotopic (exact) mass is 323 g/mol. The number of thioether (sulfide) groups is 1. The van der Waals surface area contributed by atoms with E-state index in [-0.39, 0.29) is 0 Å². The van der Waals surface area contributed by atoms with Gasteiger partial charge in [0, 0.05) is 35.1 Å². The molecule has 1 aliphatic heterocycles. The molecule has 5 heteroatoms. The summed E-state index contributed by atoms with van der Waals surface area (Å²) >= 11 is 8.16. The number of fused-ring (bicyclic) bond motifs is 1. The highest BCUT2D eigenvalue weighted by molar-refractivity contribution is 7.98. The van der Waals surface area contributed by atoms with Crippen LogP contribution in [0.2, 0.25) is 5.15 Å². The molecular weight excluding hydrogens is 306 g/mol. The van der Waals surface area contributed by atoms with Crippen LogP contribution >= 0.6 is 23.4 Å². The normalized spacial score (nSPS) is 18.3. The Balaban J connectivity index is 1.71. The Morgan fingerprint density at radius 3 is 3.10 bits per heavy atom. The van der Waals surface area contributed by atoms with Crippen molar-refractivity contribution in [3.63, 3.8) is 0 Å². The summed E-state index contributed by atoms with van der Waals surface area (Å²) in [6, 6.07) is 7.99. The number of aromatic nitrogens is 1. The van der Waals surface area contributed by atoms with Crippen molar-refractivity contribution in [2.45, 2.75) is 24.7 Å². The maximum absolute atomic E-state index is 6.30. The molecule has 1 atom stereocenters. The fraction of sp³-hybridized carbons (Fsp3) is 0.438. The summed E-state index contributed by atoms with van der Waals surface area (Å²) in [5.41, 5.74) is 1.95. The van der Waals surface area contributed by atoms with Gasteiger partial charge in [0.25, 0.3) is 0 Å². The Labute approximate surface area is 134 Å². The third-order valence-corrected chi connectivity index (χ3v) is 5.09. The second-order valence-electron chi connectivity index (χ2n) is 5.15. The van der Waals surface area contributed by atoms with Crippen molar-refractivity contribution in [2.75, 3.05) is 19.5 Å². The Kier molecular flexibility index (Phi) is 4.88. The number of nitrogens with zero attached hydrogens (tertiary/aromatic N) is 1. The lowest BCUT2D eigenvalue weighted by atomic mass is 10.1. The van der Waals surface area contributed by atoms with Crippen LogP contribution in [0.5, 0.6) is 5.75 Å². The Morgan fingerprint density at radius 2 is 2.33 bits per heavy atom. The van der Waals surface area contributed by atoms with Gasteiger partial charge in [-0.25, -0.2) is 4.98 Å². The molecule has 0 saturated carbocycles. The quantitative estimate of drug-likeness (QED) is 0.767. The molecule has 112 valence electrons. The highest BCUT2D eigenvalue weighted by Gasteiger charge is 2.15. The van der Waals surface area contributed by atoms with E-state index in [1.165, 1.54) is 12.8 Å². The molecule has 1 saturated heterocycles. The number of pyridine rings is 1. The Hall–Kier alpha value is -0.970. The molecule has 3 nitrogen and oxygen atoms in total. The second-order valence-corrected chi connectivity index (χ2v) is 6.54. The lowest BCUT2D eigenvalue weighted by Crippen LogP contribution is -2.08. The molecule has 2 heterocycles. The maximum atomic E-state index is 6.30. The predicted octanol–water partition coefficient (Wildman–Crippen LogP) is 4.31. The van der Waals surface area contributed by atoms with E-state index >= 15 is 0 Å². The van der Waals surface area contributed by atoms with Gasteiger partial charge in [0.05, 0.1) is 18.7 Å². The van der Waals surface area contributed by atoms with Gasteiger partial charge in [0.2, 0.25) is 0 Å². The summed E-state index contributed by atoms with van der Waals surface area (Å²) in [6.07, 6.45) is 2.77. The number of halogens is 1. The van der Waals surface area contributed by atoms with Crippen molar-refractivity contribution in [3.8, 4) is 5.75 Å². The van der Waals surface area contributed by atoms with Crippen LogP contribution in [0.3, 0.4) is 0 Å². The summed E-state index contributed by atoms with van der Waals surface area (Å²) in [4.78, 5) is 4.48. The number of ether oxygens (including phenoxy) is 2.